The summed E-state index contributed by atoms with van der Waals surface area (Å²) in [6.45, 7) is 6.39. The Balaban J connectivity index is 1.83. The van der Waals surface area contributed by atoms with Crippen LogP contribution in [0.2, 0.25) is 10.0 Å². The van der Waals surface area contributed by atoms with Gasteiger partial charge in [0.15, 0.2) is 0 Å². The Bertz CT molecular complexity index is 1100. The van der Waals surface area contributed by atoms with Crippen molar-refractivity contribution in [2.24, 2.45) is 0 Å². The summed E-state index contributed by atoms with van der Waals surface area (Å²) in [6, 6.07) is 14.4. The summed E-state index contributed by atoms with van der Waals surface area (Å²) in [6.07, 6.45) is 0. The van der Waals surface area contributed by atoms with E-state index in [1.54, 1.807) is 43.5 Å². The van der Waals surface area contributed by atoms with Gasteiger partial charge >= 0.3 is 0 Å². The van der Waals surface area contributed by atoms with E-state index in [-0.39, 0.29) is 12.5 Å². The fraction of sp³-hybridized carbons (Fsp3) is 0.208. The molecule has 0 aromatic heterocycles. The number of hydrogen-bond donors (Lipinski definition) is 1. The van der Waals surface area contributed by atoms with Gasteiger partial charge in [-0.3, -0.25) is 4.79 Å². The molecule has 0 aliphatic carbocycles. The number of halogens is 2. The van der Waals surface area contributed by atoms with Crippen molar-refractivity contribution < 1.29 is 14.3 Å². The lowest BCUT2D eigenvalue weighted by Crippen LogP contribution is -2.13. The number of aryl methyl sites for hydroxylation is 2. The Hall–Kier alpha value is -2.69. The third kappa shape index (κ3) is 4.89. The molecule has 156 valence electrons. The van der Waals surface area contributed by atoms with Crippen LogP contribution >= 0.6 is 23.2 Å². The minimum atomic E-state index is -0.300. The van der Waals surface area contributed by atoms with Gasteiger partial charge < -0.3 is 14.8 Å². The van der Waals surface area contributed by atoms with Crippen LogP contribution in [0.1, 0.15) is 32.6 Å². The predicted molar refractivity (Wildman–Crippen MR) is 122 cm³/mol. The molecule has 0 aliphatic rings. The number of methoxy groups -OCH3 is 1. The lowest BCUT2D eigenvalue weighted by atomic mass is 10.1. The maximum Gasteiger partial charge on any atom is 0.255 e. The Morgan fingerprint density at radius 1 is 1.00 bits per heavy atom. The van der Waals surface area contributed by atoms with Gasteiger partial charge in [0, 0.05) is 11.1 Å². The summed E-state index contributed by atoms with van der Waals surface area (Å²) < 4.78 is 11.5. The quantitative estimate of drug-likeness (QED) is 0.457. The summed E-state index contributed by atoms with van der Waals surface area (Å²) >= 11 is 12.2. The summed E-state index contributed by atoms with van der Waals surface area (Å²) in [5.41, 5.74) is 5.07. The molecule has 3 aromatic rings. The van der Waals surface area contributed by atoms with Crippen LogP contribution in [0.3, 0.4) is 0 Å². The number of ether oxygens (including phenoxy) is 2. The van der Waals surface area contributed by atoms with Crippen LogP contribution in [-0.4, -0.2) is 13.0 Å². The smallest absolute Gasteiger partial charge is 0.255 e. The summed E-state index contributed by atoms with van der Waals surface area (Å²) in [5.74, 6) is 1.16. The monoisotopic (exact) mass is 443 g/mol. The molecule has 0 radical (unpaired) electrons. The first-order valence-electron chi connectivity index (χ1n) is 9.43. The molecule has 1 amide bonds. The third-order valence-electron chi connectivity index (χ3n) is 4.89. The molecule has 4 nitrogen and oxygen atoms in total. The molecular weight excluding hydrogens is 421 g/mol. The highest BCUT2D eigenvalue weighted by molar-refractivity contribution is 6.44. The standard InChI is InChI=1S/C24H23Cl2NO3/c1-14-10-15(2)16(3)22(11-14)30-13-18-12-17(8-9-21(18)29-4)24(28)27-20-7-5-6-19(25)23(20)26/h5-12H,13H2,1-4H3,(H,27,28). The minimum Gasteiger partial charge on any atom is -0.496 e. The molecule has 6 heteroatoms. The van der Waals surface area contributed by atoms with Gasteiger partial charge in [0.05, 0.1) is 22.8 Å². The van der Waals surface area contributed by atoms with Crippen molar-refractivity contribution in [1.82, 2.24) is 0 Å². The molecule has 3 aromatic carbocycles. The summed E-state index contributed by atoms with van der Waals surface area (Å²) in [7, 11) is 1.59. The number of anilines is 1. The van der Waals surface area contributed by atoms with Crippen molar-refractivity contribution in [3.8, 4) is 11.5 Å². The van der Waals surface area contributed by atoms with E-state index in [9.17, 15) is 4.79 Å². The number of benzene rings is 3. The van der Waals surface area contributed by atoms with Crippen LogP contribution in [-0.2, 0) is 6.61 Å². The van der Waals surface area contributed by atoms with E-state index in [1.807, 2.05) is 19.9 Å². The van der Waals surface area contributed by atoms with E-state index >= 15 is 0 Å². The molecule has 0 bridgehead atoms. The van der Waals surface area contributed by atoms with Crippen molar-refractivity contribution in [3.63, 3.8) is 0 Å². The SMILES string of the molecule is COc1ccc(C(=O)Nc2cccc(Cl)c2Cl)cc1COc1cc(C)cc(C)c1C. The van der Waals surface area contributed by atoms with Gasteiger partial charge in [-0.15, -0.1) is 0 Å². The first-order chi connectivity index (χ1) is 14.3. The second kappa shape index (κ2) is 9.41. The Kier molecular flexibility index (Phi) is 6.91. The summed E-state index contributed by atoms with van der Waals surface area (Å²) in [5, 5.41) is 3.47. The molecule has 0 atom stereocenters. The molecule has 3 rings (SSSR count). The van der Waals surface area contributed by atoms with Gasteiger partial charge in [-0.1, -0.05) is 35.3 Å². The third-order valence-corrected chi connectivity index (χ3v) is 5.71. The van der Waals surface area contributed by atoms with Crippen molar-refractivity contribution in [1.29, 1.82) is 0 Å². The van der Waals surface area contributed by atoms with Gasteiger partial charge in [-0.05, 0) is 73.9 Å². The molecule has 0 saturated carbocycles. The van der Waals surface area contributed by atoms with Crippen molar-refractivity contribution in [3.05, 3.63) is 86.4 Å². The Labute approximate surface area is 186 Å². The number of hydrogen-bond acceptors (Lipinski definition) is 3. The average Bonchev–Trinajstić information content (AvgIpc) is 2.72. The number of nitrogens with one attached hydrogen (secondary N) is 1. The molecule has 1 N–H and O–H groups in total. The average molecular weight is 444 g/mol. The van der Waals surface area contributed by atoms with E-state index in [0.29, 0.717) is 27.0 Å². The molecule has 0 heterocycles. The highest BCUT2D eigenvalue weighted by atomic mass is 35.5. The fourth-order valence-corrected chi connectivity index (χ4v) is 3.48. The molecule has 0 unspecified atom stereocenters. The molecule has 0 saturated heterocycles. The van der Waals surface area contributed by atoms with E-state index in [1.165, 1.54) is 5.56 Å². The van der Waals surface area contributed by atoms with E-state index < -0.39 is 0 Å². The van der Waals surface area contributed by atoms with E-state index in [0.717, 1.165) is 22.4 Å². The Morgan fingerprint density at radius 2 is 1.77 bits per heavy atom. The maximum absolute atomic E-state index is 12.8. The molecule has 30 heavy (non-hydrogen) atoms. The highest BCUT2D eigenvalue weighted by Gasteiger charge is 2.14. The minimum absolute atomic E-state index is 0.270. The van der Waals surface area contributed by atoms with Crippen LogP contribution in [0.5, 0.6) is 11.5 Å². The van der Waals surface area contributed by atoms with Crippen molar-refractivity contribution >= 4 is 34.8 Å². The van der Waals surface area contributed by atoms with E-state index in [4.69, 9.17) is 32.7 Å². The summed E-state index contributed by atoms with van der Waals surface area (Å²) in [4.78, 5) is 12.8. The van der Waals surface area contributed by atoms with E-state index in [2.05, 4.69) is 18.3 Å². The van der Waals surface area contributed by atoms with Crippen molar-refractivity contribution in [2.75, 3.05) is 12.4 Å². The highest BCUT2D eigenvalue weighted by Crippen LogP contribution is 2.31. The fourth-order valence-electron chi connectivity index (χ4n) is 3.13. The second-order valence-corrected chi connectivity index (χ2v) is 7.86. The lowest BCUT2D eigenvalue weighted by molar-refractivity contribution is 0.102. The van der Waals surface area contributed by atoms with Crippen LogP contribution in [0.25, 0.3) is 0 Å². The molecule has 0 spiro atoms. The largest absolute Gasteiger partial charge is 0.496 e. The van der Waals surface area contributed by atoms with Crippen LogP contribution in [0.15, 0.2) is 48.5 Å². The zero-order valence-electron chi connectivity index (χ0n) is 17.3. The lowest BCUT2D eigenvalue weighted by Gasteiger charge is -2.15. The number of carbonyl (C=O) groups excluding carboxylic acids is 1. The van der Waals surface area contributed by atoms with Gasteiger partial charge in [0.1, 0.15) is 18.1 Å². The number of carbonyl (C=O) groups is 1. The van der Waals surface area contributed by atoms with Crippen LogP contribution < -0.4 is 14.8 Å². The predicted octanol–water partition coefficient (Wildman–Crippen LogP) is 6.76. The van der Waals surface area contributed by atoms with Crippen molar-refractivity contribution in [2.45, 2.75) is 27.4 Å². The molecule has 0 fully saturated rings. The van der Waals surface area contributed by atoms with Crippen LogP contribution in [0.4, 0.5) is 5.69 Å². The number of rotatable bonds is 6. The molecule has 0 aliphatic heterocycles. The van der Waals surface area contributed by atoms with Crippen LogP contribution in [0, 0.1) is 20.8 Å². The number of amides is 1. The zero-order valence-corrected chi connectivity index (χ0v) is 18.8. The van der Waals surface area contributed by atoms with Gasteiger partial charge in [-0.25, -0.2) is 0 Å². The van der Waals surface area contributed by atoms with Gasteiger partial charge in [0.25, 0.3) is 5.91 Å². The Morgan fingerprint density at radius 3 is 2.50 bits per heavy atom. The topological polar surface area (TPSA) is 47.6 Å². The van der Waals surface area contributed by atoms with Gasteiger partial charge in [0.2, 0.25) is 0 Å². The molecular formula is C24H23Cl2NO3. The first-order valence-corrected chi connectivity index (χ1v) is 10.2. The normalized spacial score (nSPS) is 10.6. The first kappa shape index (κ1) is 22.0. The maximum atomic E-state index is 12.8. The van der Waals surface area contributed by atoms with Gasteiger partial charge in [-0.2, -0.15) is 0 Å². The zero-order chi connectivity index (χ0) is 21.8. The second-order valence-electron chi connectivity index (χ2n) is 7.08.